The maximum atomic E-state index is 13.0. The van der Waals surface area contributed by atoms with Crippen molar-refractivity contribution in [1.82, 2.24) is 15.8 Å². The highest BCUT2D eigenvalue weighted by molar-refractivity contribution is 6.30. The summed E-state index contributed by atoms with van der Waals surface area (Å²) < 4.78 is 5.43. The Balaban J connectivity index is 1.69. The maximum Gasteiger partial charge on any atom is 0.229 e. The van der Waals surface area contributed by atoms with E-state index in [2.05, 4.69) is 10.9 Å². The summed E-state index contributed by atoms with van der Waals surface area (Å²) in [7, 11) is 0. The number of nitrogens with one attached hydrogen (secondary N) is 2. The Morgan fingerprint density at radius 2 is 2.17 bits per heavy atom. The number of hydrogen-bond acceptors (Lipinski definition) is 4. The van der Waals surface area contributed by atoms with Gasteiger partial charge in [0.2, 0.25) is 5.91 Å². The van der Waals surface area contributed by atoms with Crippen molar-refractivity contribution in [2.24, 2.45) is 11.8 Å². The van der Waals surface area contributed by atoms with Gasteiger partial charge < -0.3 is 9.64 Å². The Hall–Kier alpha value is -1.14. The van der Waals surface area contributed by atoms with E-state index in [1.54, 1.807) is 0 Å². The summed E-state index contributed by atoms with van der Waals surface area (Å²) in [6.45, 7) is 5.80. The van der Waals surface area contributed by atoms with E-state index in [4.69, 9.17) is 16.3 Å². The molecule has 0 saturated carbocycles. The zero-order chi connectivity index (χ0) is 16.2. The van der Waals surface area contributed by atoms with Gasteiger partial charge in [0.1, 0.15) is 0 Å². The minimum Gasteiger partial charge on any atom is -0.381 e. The first-order valence-corrected chi connectivity index (χ1v) is 8.67. The third-order valence-electron chi connectivity index (χ3n) is 4.72. The lowest BCUT2D eigenvalue weighted by Crippen LogP contribution is -2.41. The lowest BCUT2D eigenvalue weighted by molar-refractivity contribution is -0.136. The van der Waals surface area contributed by atoms with Crippen LogP contribution >= 0.6 is 11.6 Å². The van der Waals surface area contributed by atoms with Crippen LogP contribution in [0.4, 0.5) is 0 Å². The molecule has 6 heteroatoms. The summed E-state index contributed by atoms with van der Waals surface area (Å²) in [4.78, 5) is 15.0. The number of carbonyl (C=O) groups excluding carboxylic acids is 1. The third-order valence-corrected chi connectivity index (χ3v) is 4.98. The van der Waals surface area contributed by atoms with Gasteiger partial charge in [0.15, 0.2) is 0 Å². The molecule has 23 heavy (non-hydrogen) atoms. The quantitative estimate of drug-likeness (QED) is 0.863. The van der Waals surface area contributed by atoms with Gasteiger partial charge >= 0.3 is 0 Å². The molecule has 1 aromatic carbocycles. The summed E-state index contributed by atoms with van der Waals surface area (Å²) in [5.74, 6) is 0.575. The number of amides is 1. The highest BCUT2D eigenvalue weighted by atomic mass is 35.5. The van der Waals surface area contributed by atoms with Crippen LogP contribution in [0, 0.1) is 11.8 Å². The molecule has 2 N–H and O–H groups in total. The van der Waals surface area contributed by atoms with E-state index in [0.29, 0.717) is 17.5 Å². The maximum absolute atomic E-state index is 13.0. The van der Waals surface area contributed by atoms with E-state index in [0.717, 1.165) is 38.3 Å². The van der Waals surface area contributed by atoms with Crippen LogP contribution in [0.3, 0.4) is 0 Å². The van der Waals surface area contributed by atoms with Gasteiger partial charge in [-0.25, -0.2) is 5.43 Å². The molecule has 0 aliphatic carbocycles. The number of halogens is 1. The minimum atomic E-state index is -0.0987. The molecule has 0 spiro atoms. The molecular weight excluding hydrogens is 314 g/mol. The minimum absolute atomic E-state index is 0.0198. The Bertz CT molecular complexity index is 531. The van der Waals surface area contributed by atoms with E-state index in [-0.39, 0.29) is 17.9 Å². The molecular formula is C17H24ClN3O2. The van der Waals surface area contributed by atoms with Crippen LogP contribution in [-0.4, -0.2) is 43.7 Å². The monoisotopic (exact) mass is 337 g/mol. The summed E-state index contributed by atoms with van der Waals surface area (Å²) in [5.41, 5.74) is 7.45. The van der Waals surface area contributed by atoms with Crippen LogP contribution in [0.2, 0.25) is 5.02 Å². The Labute approximate surface area is 142 Å². The zero-order valence-electron chi connectivity index (χ0n) is 13.4. The molecule has 3 unspecified atom stereocenters. The van der Waals surface area contributed by atoms with Gasteiger partial charge in [0, 0.05) is 37.2 Å². The number of ether oxygens (including phenoxy) is 1. The highest BCUT2D eigenvalue weighted by Crippen LogP contribution is 2.28. The molecule has 2 aliphatic rings. The van der Waals surface area contributed by atoms with Gasteiger partial charge in [-0.1, -0.05) is 23.7 Å². The summed E-state index contributed by atoms with van der Waals surface area (Å²) in [6.07, 6.45) is 1.05. The average molecular weight is 338 g/mol. The number of benzene rings is 1. The number of hydrogen-bond donors (Lipinski definition) is 2. The molecule has 2 saturated heterocycles. The summed E-state index contributed by atoms with van der Waals surface area (Å²) >= 11 is 5.96. The van der Waals surface area contributed by atoms with E-state index in [1.807, 2.05) is 36.1 Å². The molecule has 2 aliphatic heterocycles. The second-order valence-corrected chi connectivity index (χ2v) is 6.70. The van der Waals surface area contributed by atoms with E-state index < -0.39 is 0 Å². The van der Waals surface area contributed by atoms with Crippen LogP contribution < -0.4 is 10.9 Å². The number of carbonyl (C=O) groups is 1. The van der Waals surface area contributed by atoms with Crippen molar-refractivity contribution in [2.75, 3.05) is 32.8 Å². The zero-order valence-corrected chi connectivity index (χ0v) is 14.2. The van der Waals surface area contributed by atoms with Crippen LogP contribution in [0.15, 0.2) is 24.3 Å². The van der Waals surface area contributed by atoms with Crippen LogP contribution in [0.5, 0.6) is 0 Å². The fourth-order valence-electron chi connectivity index (χ4n) is 3.36. The van der Waals surface area contributed by atoms with Gasteiger partial charge in [-0.15, -0.1) is 0 Å². The average Bonchev–Trinajstić information content (AvgIpc) is 3.24. The molecule has 0 radical (unpaired) electrons. The molecule has 0 bridgehead atoms. The summed E-state index contributed by atoms with van der Waals surface area (Å²) in [5, 5.41) is 0.707. The van der Waals surface area contributed by atoms with E-state index in [1.165, 1.54) is 0 Å². The first kappa shape index (κ1) is 16.7. The molecule has 2 fully saturated rings. The van der Waals surface area contributed by atoms with E-state index in [9.17, 15) is 4.79 Å². The van der Waals surface area contributed by atoms with Crippen molar-refractivity contribution < 1.29 is 9.53 Å². The highest BCUT2D eigenvalue weighted by Gasteiger charge is 2.36. The standard InChI is InChI=1S/C17H24ClN3O2/c1-2-21(10-12-7-8-23-11-12)17(22)15-9-19-20-16(15)13-3-5-14(18)6-4-13/h3-6,12,15-16,19-20H,2,7-11H2,1H3. The first-order valence-electron chi connectivity index (χ1n) is 8.29. The van der Waals surface area contributed by atoms with Gasteiger partial charge in [-0.05, 0) is 31.0 Å². The van der Waals surface area contributed by atoms with Crippen molar-refractivity contribution in [2.45, 2.75) is 19.4 Å². The topological polar surface area (TPSA) is 53.6 Å². The largest absolute Gasteiger partial charge is 0.381 e. The molecule has 126 valence electrons. The molecule has 0 aromatic heterocycles. The SMILES string of the molecule is CCN(CC1CCOC1)C(=O)C1CNNC1c1ccc(Cl)cc1. The summed E-state index contributed by atoms with van der Waals surface area (Å²) in [6, 6.07) is 7.68. The van der Waals surface area contributed by atoms with Gasteiger partial charge in [0.25, 0.3) is 0 Å². The molecule has 2 heterocycles. The Morgan fingerprint density at radius 3 is 2.83 bits per heavy atom. The second-order valence-electron chi connectivity index (χ2n) is 6.27. The van der Waals surface area contributed by atoms with Crippen molar-refractivity contribution in [1.29, 1.82) is 0 Å². The lowest BCUT2D eigenvalue weighted by atomic mass is 9.93. The smallest absolute Gasteiger partial charge is 0.229 e. The predicted molar refractivity (Wildman–Crippen MR) is 90.0 cm³/mol. The number of rotatable bonds is 5. The predicted octanol–water partition coefficient (Wildman–Crippen LogP) is 1.99. The molecule has 5 nitrogen and oxygen atoms in total. The molecule has 3 atom stereocenters. The molecule has 1 amide bonds. The molecule has 1 aromatic rings. The van der Waals surface area contributed by atoms with Crippen LogP contribution in [-0.2, 0) is 9.53 Å². The second kappa shape index (κ2) is 7.62. The van der Waals surface area contributed by atoms with Crippen molar-refractivity contribution in [3.63, 3.8) is 0 Å². The van der Waals surface area contributed by atoms with Crippen molar-refractivity contribution in [3.05, 3.63) is 34.9 Å². The van der Waals surface area contributed by atoms with Gasteiger partial charge in [-0.3, -0.25) is 10.2 Å². The first-order chi connectivity index (χ1) is 11.2. The lowest BCUT2D eigenvalue weighted by Gasteiger charge is -2.28. The Kier molecular flexibility index (Phi) is 5.54. The van der Waals surface area contributed by atoms with Crippen molar-refractivity contribution >= 4 is 17.5 Å². The third kappa shape index (κ3) is 3.86. The Morgan fingerprint density at radius 1 is 1.39 bits per heavy atom. The fourth-order valence-corrected chi connectivity index (χ4v) is 3.49. The fraction of sp³-hybridized carbons (Fsp3) is 0.588. The van der Waals surface area contributed by atoms with Gasteiger partial charge in [-0.2, -0.15) is 0 Å². The van der Waals surface area contributed by atoms with Crippen LogP contribution in [0.1, 0.15) is 24.9 Å². The van der Waals surface area contributed by atoms with Gasteiger partial charge in [0.05, 0.1) is 18.6 Å². The van der Waals surface area contributed by atoms with Crippen LogP contribution in [0.25, 0.3) is 0 Å². The van der Waals surface area contributed by atoms with E-state index >= 15 is 0 Å². The normalized spacial score (nSPS) is 27.3. The number of nitrogens with zero attached hydrogens (tertiary/aromatic N) is 1. The molecule has 3 rings (SSSR count). The number of hydrazine groups is 1. The van der Waals surface area contributed by atoms with Crippen molar-refractivity contribution in [3.8, 4) is 0 Å².